The summed E-state index contributed by atoms with van der Waals surface area (Å²) in [4.78, 5) is 100. The number of carbonyl (C=O) groups is 9. The zero-order valence-electron chi connectivity index (χ0n) is 61.8. The average Bonchev–Trinajstić information content (AvgIpc) is 1.19. The lowest BCUT2D eigenvalue weighted by Crippen LogP contribution is -2.37. The van der Waals surface area contributed by atoms with Crippen molar-refractivity contribution < 1.29 is 138 Å². The normalized spacial score (nSPS) is 11.1. The Labute approximate surface area is 598 Å². The molecule has 0 spiro atoms. The summed E-state index contributed by atoms with van der Waals surface area (Å²) in [6.07, 6.45) is 3.21. The highest BCUT2D eigenvalue weighted by Gasteiger charge is 2.24. The molecule has 0 heterocycles. The molecule has 0 aromatic rings. The van der Waals surface area contributed by atoms with Crippen molar-refractivity contribution in [1.82, 2.24) is 16.0 Å². The van der Waals surface area contributed by atoms with E-state index >= 15 is 0 Å². The second-order valence-electron chi connectivity index (χ2n) is 21.1. The van der Waals surface area contributed by atoms with Crippen molar-refractivity contribution in [1.29, 1.82) is 0 Å². The van der Waals surface area contributed by atoms with E-state index in [-0.39, 0.29) is 91.6 Å². The molecular formula is C67H127N3O29S. The van der Waals surface area contributed by atoms with E-state index in [4.69, 9.17) is 85.3 Å². The van der Waals surface area contributed by atoms with Crippen LogP contribution in [0.4, 0.5) is 0 Å². The van der Waals surface area contributed by atoms with E-state index < -0.39 is 5.92 Å². The summed E-state index contributed by atoms with van der Waals surface area (Å²) in [6, 6.07) is 0. The van der Waals surface area contributed by atoms with Crippen molar-refractivity contribution in [2.45, 2.75) is 79.1 Å². The molecule has 0 saturated carbocycles. The first-order valence-corrected chi connectivity index (χ1v) is 35.2. The molecule has 0 fully saturated rings. The monoisotopic (exact) mass is 1470 g/mol. The Morgan fingerprint density at radius 1 is 0.300 bits per heavy atom. The molecule has 0 aliphatic carbocycles. The van der Waals surface area contributed by atoms with Crippen molar-refractivity contribution in [3.05, 3.63) is 0 Å². The molecule has 3 amide bonds. The van der Waals surface area contributed by atoms with Crippen LogP contribution in [0, 0.1) is 5.92 Å². The van der Waals surface area contributed by atoms with Crippen molar-refractivity contribution >= 4 is 64.2 Å². The maximum atomic E-state index is 12.4. The zero-order valence-corrected chi connectivity index (χ0v) is 62.6. The maximum Gasteiger partial charge on any atom is 0.246 e. The van der Waals surface area contributed by atoms with Gasteiger partial charge in [0.25, 0.3) is 0 Å². The molecule has 0 aromatic heterocycles. The Balaban J connectivity index is -0.000000841. The quantitative estimate of drug-likeness (QED) is 0.0730. The van der Waals surface area contributed by atoms with Crippen molar-refractivity contribution in [2.24, 2.45) is 5.92 Å². The Morgan fingerprint density at radius 3 is 0.890 bits per heavy atom. The number of amides is 3. The Hall–Kier alpha value is -4.02. The first-order chi connectivity index (χ1) is 48.5. The molecule has 0 saturated heterocycles. The summed E-state index contributed by atoms with van der Waals surface area (Å²) in [6.45, 7) is 22.6. The van der Waals surface area contributed by atoms with Crippen LogP contribution in [0.5, 0.6) is 0 Å². The summed E-state index contributed by atoms with van der Waals surface area (Å²) >= 11 is 1.54. The third-order valence-electron chi connectivity index (χ3n) is 12.0. The molecule has 0 unspecified atom stereocenters. The van der Waals surface area contributed by atoms with Gasteiger partial charge in [-0.25, -0.2) is 0 Å². The number of methoxy groups -OCH3 is 4. The molecule has 3 N–H and O–H groups in total. The Bertz CT molecular complexity index is 1890. The number of rotatable bonds is 75. The number of hydrogen-bond acceptors (Lipinski definition) is 30. The highest BCUT2D eigenvalue weighted by atomic mass is 32.2. The van der Waals surface area contributed by atoms with Crippen LogP contribution in [0.2, 0.25) is 0 Å². The topological polar surface area (TPSA) is 374 Å². The van der Waals surface area contributed by atoms with Crippen LogP contribution in [0.3, 0.4) is 0 Å². The minimum absolute atomic E-state index is 0.0604. The van der Waals surface area contributed by atoms with Gasteiger partial charge in [0.05, 0.1) is 230 Å². The second kappa shape index (κ2) is 87.4. The molecule has 0 aliphatic rings. The van der Waals surface area contributed by atoms with Gasteiger partial charge < -0.3 is 111 Å². The summed E-state index contributed by atoms with van der Waals surface area (Å²) in [5.74, 6) is 0.268. The van der Waals surface area contributed by atoms with Gasteiger partial charge in [0.15, 0.2) is 5.78 Å². The summed E-state index contributed by atoms with van der Waals surface area (Å²) in [5, 5.41) is 7.81. The van der Waals surface area contributed by atoms with E-state index in [9.17, 15) is 43.2 Å². The van der Waals surface area contributed by atoms with Crippen molar-refractivity contribution in [2.75, 3.05) is 298 Å². The van der Waals surface area contributed by atoms with Gasteiger partial charge in [-0.1, -0.05) is 0 Å². The molecule has 32 nitrogen and oxygen atoms in total. The largest absolute Gasteiger partial charge is 0.385 e. The van der Waals surface area contributed by atoms with Crippen LogP contribution >= 0.6 is 11.8 Å². The molecule has 0 rings (SSSR count). The number of ether oxygens (including phenoxy) is 20. The third kappa shape index (κ3) is 96.0. The van der Waals surface area contributed by atoms with Gasteiger partial charge in [0.2, 0.25) is 17.7 Å². The van der Waals surface area contributed by atoms with Crippen molar-refractivity contribution in [3.63, 3.8) is 0 Å². The van der Waals surface area contributed by atoms with Gasteiger partial charge in [0.1, 0.15) is 42.1 Å². The van der Waals surface area contributed by atoms with Crippen LogP contribution in [-0.4, -0.2) is 350 Å². The highest BCUT2D eigenvalue weighted by Crippen LogP contribution is 2.10. The number of hydrogen-bond donors (Lipinski definition) is 3. The van der Waals surface area contributed by atoms with Gasteiger partial charge in [-0.15, -0.1) is 0 Å². The summed E-state index contributed by atoms with van der Waals surface area (Å²) in [7, 11) is 7.56. The van der Waals surface area contributed by atoms with Gasteiger partial charge in [-0.2, -0.15) is 11.8 Å². The number of nitrogens with one attached hydrogen (secondary N) is 3. The predicted molar refractivity (Wildman–Crippen MR) is 371 cm³/mol. The van der Waals surface area contributed by atoms with Crippen molar-refractivity contribution in [3.8, 4) is 0 Å². The van der Waals surface area contributed by atoms with Gasteiger partial charge in [-0.3, -0.25) is 43.2 Å². The highest BCUT2D eigenvalue weighted by molar-refractivity contribution is 7.99. The number of ketones is 6. The predicted octanol–water partition coefficient (Wildman–Crippen LogP) is 1.74. The van der Waals surface area contributed by atoms with E-state index in [0.717, 1.165) is 12.2 Å². The fraction of sp³-hybridized carbons (Fsp3) is 0.866. The maximum absolute atomic E-state index is 12.4. The van der Waals surface area contributed by atoms with E-state index in [1.165, 1.54) is 33.0 Å². The zero-order chi connectivity index (χ0) is 74.7. The van der Waals surface area contributed by atoms with Gasteiger partial charge in [-0.05, 0) is 34.1 Å². The molecule has 590 valence electrons. The van der Waals surface area contributed by atoms with Crippen LogP contribution in [0.25, 0.3) is 0 Å². The van der Waals surface area contributed by atoms with Crippen LogP contribution < -0.4 is 16.0 Å². The van der Waals surface area contributed by atoms with Gasteiger partial charge in [0, 0.05) is 106 Å². The van der Waals surface area contributed by atoms with E-state index in [1.54, 1.807) is 41.9 Å². The molecule has 1 atom stereocenters. The minimum atomic E-state index is -0.764. The van der Waals surface area contributed by atoms with E-state index in [2.05, 4.69) is 25.4 Å². The molecule has 0 bridgehead atoms. The fourth-order valence-corrected chi connectivity index (χ4v) is 7.71. The first kappa shape index (κ1) is 102. The molecule has 0 aliphatic heterocycles. The molecule has 0 aromatic carbocycles. The molecule has 0 radical (unpaired) electrons. The second-order valence-corrected chi connectivity index (χ2v) is 22.2. The third-order valence-corrected chi connectivity index (χ3v) is 13.0. The fourth-order valence-electron chi connectivity index (χ4n) is 6.76. The summed E-state index contributed by atoms with van der Waals surface area (Å²) in [5.41, 5.74) is 0. The smallest absolute Gasteiger partial charge is 0.246 e. The first-order valence-electron chi connectivity index (χ1n) is 34.0. The van der Waals surface area contributed by atoms with Crippen LogP contribution in [0.1, 0.15) is 79.1 Å². The van der Waals surface area contributed by atoms with Crippen LogP contribution in [0.15, 0.2) is 0 Å². The average molecular weight is 1470 g/mol. The van der Waals surface area contributed by atoms with Gasteiger partial charge >= 0.3 is 0 Å². The number of Topliss-reactive ketones (excluding diaryl/α,β-unsaturated/α-hetero) is 6. The Kier molecular flexibility index (Phi) is 89.4. The number of carbonyl (C=O) groups excluding carboxylic acids is 9. The number of thioether (sulfide) groups is 1. The standard InChI is InChI=1S/C37H70N2O17.C15H29NO7.C10H18O3S.C5H10O2/c1-33(40)4-6-45-8-10-47-12-14-49-16-18-51-20-22-53-24-26-55-28-29-56-27-25-54-23-21-52-19-17-50-15-13-48-11-9-46-7-5-39-37(43)34(31-36(42)38-2)30-35(41)32-44-3;1-14(17)3-5-20-7-9-22-11-12-23-10-8-21-6-4-16-15(18)13-19-2;1-9(11)5-7-14-8-10(12)4-3-6-13-2;1-5(6)3-4-7-2/h34H,4-32H2,1-3H3,(H,38,42)(H,39,43);3-13H2,1-2H3,(H,16,18);3-8H2,1-2H3;3-4H2,1-2H3/t34-;;;/m0.../s1. The van der Waals surface area contributed by atoms with Crippen LogP contribution in [-0.2, 0) is 138 Å². The molecular weight excluding hydrogens is 1340 g/mol. The lowest BCUT2D eigenvalue weighted by molar-refractivity contribution is -0.134. The SMILES string of the molecule is CNC(=O)C[C@H](CC(=O)COC)C(=O)NCCOCCOCCOCCOCCOCCOCCOCCOCCOCCOCCOCCOCCC(C)=O.COCC(=O)NCCOCCOCCOCCOCCC(C)=O.COCCC(C)=O.COCCCC(=O)CSCCC(C)=O. The minimum Gasteiger partial charge on any atom is -0.385 e. The van der Waals surface area contributed by atoms with E-state index in [0.29, 0.717) is 262 Å². The Morgan fingerprint density at radius 2 is 0.600 bits per heavy atom. The summed E-state index contributed by atoms with van der Waals surface area (Å²) < 4.78 is 105. The van der Waals surface area contributed by atoms with E-state index in [1.807, 2.05) is 0 Å². The lowest BCUT2D eigenvalue weighted by atomic mass is 9.97. The lowest BCUT2D eigenvalue weighted by Gasteiger charge is -2.15. The molecule has 100 heavy (non-hydrogen) atoms. The molecule has 33 heteroatoms.